The zero-order valence-corrected chi connectivity index (χ0v) is 8.76. The van der Waals surface area contributed by atoms with E-state index >= 15 is 0 Å². The van der Waals surface area contributed by atoms with Gasteiger partial charge in [0, 0.05) is 18.6 Å². The molecule has 0 radical (unpaired) electrons. The number of alkyl carbamates (subject to hydrolysis) is 1. The lowest BCUT2D eigenvalue weighted by Crippen LogP contribution is -2.42. The molecule has 0 saturated carbocycles. The van der Waals surface area contributed by atoms with Crippen molar-refractivity contribution in [2.45, 2.75) is 45.8 Å². The van der Waals surface area contributed by atoms with E-state index in [-0.39, 0.29) is 18.2 Å². The maximum Gasteiger partial charge on any atom is 0.407 e. The quantitative estimate of drug-likeness (QED) is 0.703. The van der Waals surface area contributed by atoms with Gasteiger partial charge in [0.05, 0.1) is 0 Å². The molecule has 0 fully saturated rings. The summed E-state index contributed by atoms with van der Waals surface area (Å²) in [5.41, 5.74) is -0.282. The van der Waals surface area contributed by atoms with E-state index in [2.05, 4.69) is 5.32 Å². The molecule has 0 aromatic carbocycles. The summed E-state index contributed by atoms with van der Waals surface area (Å²) in [6.07, 6.45) is -0.210. The highest BCUT2D eigenvalue weighted by molar-refractivity contribution is 5.68. The van der Waals surface area contributed by atoms with E-state index in [9.17, 15) is 4.79 Å². The number of carbonyl (C=O) groups is 1. The molecule has 0 aliphatic heterocycles. The molecule has 0 rings (SSSR count). The Morgan fingerprint density at radius 3 is 2.46 bits per heavy atom. The Bertz CT molecular complexity index is 163. The van der Waals surface area contributed by atoms with E-state index in [1.165, 1.54) is 0 Å². The molecule has 0 saturated heterocycles. The highest BCUT2D eigenvalue weighted by Crippen LogP contribution is 2.02. The molecule has 0 aromatic rings. The third kappa shape index (κ3) is 7.59. The molecule has 1 amide bonds. The van der Waals surface area contributed by atoms with Crippen LogP contribution in [0.4, 0.5) is 4.79 Å². The van der Waals surface area contributed by atoms with Crippen LogP contribution in [0.1, 0.15) is 34.1 Å². The van der Waals surface area contributed by atoms with Crippen molar-refractivity contribution in [3.05, 3.63) is 0 Å². The third-order valence-electron chi connectivity index (χ3n) is 1.32. The van der Waals surface area contributed by atoms with Crippen LogP contribution >= 0.6 is 0 Å². The van der Waals surface area contributed by atoms with Gasteiger partial charge >= 0.3 is 6.09 Å². The zero-order valence-electron chi connectivity index (χ0n) is 8.76. The van der Waals surface area contributed by atoms with Crippen LogP contribution in [-0.2, 0) is 4.74 Å². The Hall–Kier alpha value is -0.770. The summed E-state index contributed by atoms with van der Waals surface area (Å²) in [4.78, 5) is 11.1. The van der Waals surface area contributed by atoms with E-state index in [0.717, 1.165) is 0 Å². The van der Waals surface area contributed by atoms with Gasteiger partial charge in [-0.05, 0) is 27.7 Å². The monoisotopic (exact) mass is 189 g/mol. The van der Waals surface area contributed by atoms with Crippen molar-refractivity contribution in [3.63, 3.8) is 0 Å². The number of amides is 1. The first kappa shape index (κ1) is 12.2. The van der Waals surface area contributed by atoms with Crippen molar-refractivity contribution >= 4 is 6.09 Å². The average Bonchev–Trinajstić information content (AvgIpc) is 1.81. The van der Waals surface area contributed by atoms with Gasteiger partial charge in [-0.1, -0.05) is 0 Å². The van der Waals surface area contributed by atoms with Crippen LogP contribution in [0.5, 0.6) is 0 Å². The number of hydrogen-bond donors (Lipinski definition) is 2. The number of ether oxygens (including phenoxy) is 1. The maximum absolute atomic E-state index is 11.1. The van der Waals surface area contributed by atoms with Gasteiger partial charge in [0.2, 0.25) is 0 Å². The summed E-state index contributed by atoms with van der Waals surface area (Å²) < 4.78 is 4.96. The molecule has 0 aliphatic rings. The largest absolute Gasteiger partial charge is 0.446 e. The summed E-state index contributed by atoms with van der Waals surface area (Å²) in [5, 5.41) is 11.2. The summed E-state index contributed by atoms with van der Waals surface area (Å²) in [5.74, 6) is 0. The molecule has 0 bridgehead atoms. The normalized spacial score (nSPS) is 13.6. The lowest BCUT2D eigenvalue weighted by molar-refractivity contribution is 0.0848. The molecule has 1 unspecified atom stereocenters. The van der Waals surface area contributed by atoms with Gasteiger partial charge < -0.3 is 15.2 Å². The van der Waals surface area contributed by atoms with Crippen LogP contribution in [0.2, 0.25) is 0 Å². The number of hydrogen-bond acceptors (Lipinski definition) is 3. The number of rotatable bonds is 3. The fraction of sp³-hybridized carbons (Fsp3) is 0.889. The van der Waals surface area contributed by atoms with E-state index < -0.39 is 6.09 Å². The Morgan fingerprint density at radius 2 is 2.08 bits per heavy atom. The van der Waals surface area contributed by atoms with Crippen LogP contribution < -0.4 is 5.32 Å². The minimum atomic E-state index is -0.437. The smallest absolute Gasteiger partial charge is 0.407 e. The zero-order chi connectivity index (χ0) is 10.5. The number of nitrogens with one attached hydrogen (secondary N) is 1. The minimum absolute atomic E-state index is 0.0317. The van der Waals surface area contributed by atoms with Crippen LogP contribution in [0, 0.1) is 0 Å². The van der Waals surface area contributed by atoms with Crippen LogP contribution in [0.25, 0.3) is 0 Å². The SMILES string of the molecule is CC(CCO)OC(=O)NC(C)(C)C. The van der Waals surface area contributed by atoms with Crippen molar-refractivity contribution in [2.24, 2.45) is 0 Å². The molecule has 4 nitrogen and oxygen atoms in total. The molecule has 0 aliphatic carbocycles. The molecule has 78 valence electrons. The van der Waals surface area contributed by atoms with Crippen molar-refractivity contribution in [1.82, 2.24) is 5.32 Å². The summed E-state index contributed by atoms with van der Waals surface area (Å²) in [7, 11) is 0. The second-order valence-corrected chi connectivity index (χ2v) is 4.10. The number of carbonyl (C=O) groups excluding carboxylic acids is 1. The molecule has 0 spiro atoms. The van der Waals surface area contributed by atoms with Crippen LogP contribution in [0.15, 0.2) is 0 Å². The maximum atomic E-state index is 11.1. The lowest BCUT2D eigenvalue weighted by atomic mass is 10.1. The fourth-order valence-corrected chi connectivity index (χ4v) is 0.759. The van der Waals surface area contributed by atoms with Gasteiger partial charge in [-0.3, -0.25) is 0 Å². The summed E-state index contributed by atoms with van der Waals surface area (Å²) in [6.45, 7) is 7.42. The topological polar surface area (TPSA) is 58.6 Å². The van der Waals surface area contributed by atoms with Crippen LogP contribution in [-0.4, -0.2) is 29.4 Å². The number of aliphatic hydroxyl groups is 1. The highest BCUT2D eigenvalue weighted by atomic mass is 16.6. The lowest BCUT2D eigenvalue weighted by Gasteiger charge is -2.21. The van der Waals surface area contributed by atoms with Crippen molar-refractivity contribution < 1.29 is 14.6 Å². The predicted molar refractivity (Wildman–Crippen MR) is 50.5 cm³/mol. The first-order valence-corrected chi connectivity index (χ1v) is 4.45. The molecule has 4 heteroatoms. The van der Waals surface area contributed by atoms with E-state index in [1.807, 2.05) is 20.8 Å². The van der Waals surface area contributed by atoms with Crippen LogP contribution in [0.3, 0.4) is 0 Å². The predicted octanol–water partition coefficient (Wildman–Crippen LogP) is 1.28. The summed E-state index contributed by atoms with van der Waals surface area (Å²) in [6, 6.07) is 0. The van der Waals surface area contributed by atoms with Gasteiger partial charge in [-0.25, -0.2) is 4.79 Å². The molecule has 0 aromatic heterocycles. The van der Waals surface area contributed by atoms with Gasteiger partial charge in [0.1, 0.15) is 6.10 Å². The average molecular weight is 189 g/mol. The molecule has 13 heavy (non-hydrogen) atoms. The first-order chi connectivity index (χ1) is 5.85. The Kier molecular flexibility index (Phi) is 4.77. The van der Waals surface area contributed by atoms with Gasteiger partial charge in [0.15, 0.2) is 0 Å². The van der Waals surface area contributed by atoms with E-state index in [0.29, 0.717) is 6.42 Å². The van der Waals surface area contributed by atoms with Gasteiger partial charge in [-0.2, -0.15) is 0 Å². The summed E-state index contributed by atoms with van der Waals surface area (Å²) >= 11 is 0. The second kappa shape index (κ2) is 5.07. The van der Waals surface area contributed by atoms with Crippen molar-refractivity contribution in [1.29, 1.82) is 0 Å². The molecular weight excluding hydrogens is 170 g/mol. The Balaban J connectivity index is 3.74. The molecule has 0 heterocycles. The molecule has 2 N–H and O–H groups in total. The second-order valence-electron chi connectivity index (χ2n) is 4.10. The fourth-order valence-electron chi connectivity index (χ4n) is 0.759. The van der Waals surface area contributed by atoms with Gasteiger partial charge in [-0.15, -0.1) is 0 Å². The molecule has 1 atom stereocenters. The van der Waals surface area contributed by atoms with Crippen molar-refractivity contribution in [2.75, 3.05) is 6.61 Å². The Labute approximate surface area is 79.3 Å². The highest BCUT2D eigenvalue weighted by Gasteiger charge is 2.16. The van der Waals surface area contributed by atoms with Crippen molar-refractivity contribution in [3.8, 4) is 0 Å². The third-order valence-corrected chi connectivity index (χ3v) is 1.32. The van der Waals surface area contributed by atoms with Gasteiger partial charge in [0.25, 0.3) is 0 Å². The van der Waals surface area contributed by atoms with E-state index in [4.69, 9.17) is 9.84 Å². The van der Waals surface area contributed by atoms with E-state index in [1.54, 1.807) is 6.92 Å². The minimum Gasteiger partial charge on any atom is -0.446 e. The standard InChI is InChI=1S/C9H19NO3/c1-7(5-6-11)13-8(12)10-9(2,3)4/h7,11H,5-6H2,1-4H3,(H,10,12). The Morgan fingerprint density at radius 1 is 1.54 bits per heavy atom. The molecular formula is C9H19NO3. The number of aliphatic hydroxyl groups excluding tert-OH is 1. The first-order valence-electron chi connectivity index (χ1n) is 4.45.